The van der Waals surface area contributed by atoms with E-state index in [1.807, 2.05) is 121 Å². The summed E-state index contributed by atoms with van der Waals surface area (Å²) in [4.78, 5) is 12.4. The molecular formula is C72H80O9Si2. The summed E-state index contributed by atoms with van der Waals surface area (Å²) < 4.78 is 46.5. The minimum atomic E-state index is -1.68. The van der Waals surface area contributed by atoms with E-state index in [4.69, 9.17) is 37.3 Å². The highest BCUT2D eigenvalue weighted by Crippen LogP contribution is 2.35. The van der Waals surface area contributed by atoms with Crippen molar-refractivity contribution in [2.45, 2.75) is 116 Å². The molecule has 430 valence electrons. The van der Waals surface area contributed by atoms with Gasteiger partial charge in [-0.3, -0.25) is 4.79 Å². The number of hydrogen-bond donors (Lipinski definition) is 0. The van der Waals surface area contributed by atoms with Crippen LogP contribution in [-0.2, 0) is 13.6 Å². The van der Waals surface area contributed by atoms with Gasteiger partial charge in [-0.1, -0.05) is 111 Å². The standard InChI is InChI=1S/C72H80O9Si2/c1-74-61-38-23-56(24-39-61)33-48-66-67(49-34-57-25-40-62(75-2)41-26-57)69(51-36-59-29-44-64(77-4)45-30-59)72(70(52-37-60-31-46-65(78-5)47-32-60)68(66)50-35-58-27-42-63(76-3)43-28-58)80-54-20-17-15-13-11-12-14-16-19-53-79-71(73)22-18-21-55-83(9,10)81-82(6,7)8/h23-32,38-47H,11-22,53-55H2,1-10H3. The minimum absolute atomic E-state index is 0.0836. The second kappa shape index (κ2) is 33.6. The number of esters is 1. The van der Waals surface area contributed by atoms with Crippen LogP contribution in [0.4, 0.5) is 0 Å². The Hall–Kier alpha value is -8.22. The monoisotopic (exact) mass is 1140 g/mol. The molecule has 0 aliphatic heterocycles. The van der Waals surface area contributed by atoms with Crippen LogP contribution < -0.4 is 28.4 Å². The predicted molar refractivity (Wildman–Crippen MR) is 340 cm³/mol. The third kappa shape index (κ3) is 22.2. The number of ether oxygens (including phenoxy) is 7. The van der Waals surface area contributed by atoms with Crippen LogP contribution in [0.15, 0.2) is 121 Å². The maximum absolute atomic E-state index is 12.4. The van der Waals surface area contributed by atoms with Gasteiger partial charge >= 0.3 is 5.97 Å². The highest BCUT2D eigenvalue weighted by molar-refractivity contribution is 6.84. The molecule has 0 bridgehead atoms. The molecule has 0 fully saturated rings. The van der Waals surface area contributed by atoms with Gasteiger partial charge in [0.25, 0.3) is 0 Å². The number of carbonyl (C=O) groups is 1. The summed E-state index contributed by atoms with van der Waals surface area (Å²) in [6.45, 7) is 12.2. The number of benzene rings is 6. The molecule has 0 N–H and O–H groups in total. The highest BCUT2D eigenvalue weighted by atomic mass is 28.4. The second-order valence-corrected chi connectivity index (χ2v) is 30.6. The third-order valence-electron chi connectivity index (χ3n) is 13.4. The summed E-state index contributed by atoms with van der Waals surface area (Å²) in [6, 6.07) is 39.2. The van der Waals surface area contributed by atoms with E-state index in [-0.39, 0.29) is 5.97 Å². The van der Waals surface area contributed by atoms with Gasteiger partial charge in [0.2, 0.25) is 0 Å². The Bertz CT molecular complexity index is 3200. The van der Waals surface area contributed by atoms with E-state index in [1.165, 1.54) is 0 Å². The molecule has 0 saturated carbocycles. The maximum Gasteiger partial charge on any atom is 0.305 e. The summed E-state index contributed by atoms with van der Waals surface area (Å²) >= 11 is 0. The predicted octanol–water partition coefficient (Wildman–Crippen LogP) is 15.4. The zero-order valence-electron chi connectivity index (χ0n) is 50.3. The molecule has 83 heavy (non-hydrogen) atoms. The Morgan fingerprint density at radius 1 is 0.349 bits per heavy atom. The molecule has 0 radical (unpaired) electrons. The van der Waals surface area contributed by atoms with E-state index in [0.29, 0.717) is 53.2 Å². The molecule has 0 amide bonds. The van der Waals surface area contributed by atoms with Gasteiger partial charge in [-0.05, 0) is 179 Å². The van der Waals surface area contributed by atoms with Gasteiger partial charge in [0.1, 0.15) is 28.7 Å². The fourth-order valence-corrected chi connectivity index (χ4v) is 17.2. The topological polar surface area (TPSA) is 90.9 Å². The van der Waals surface area contributed by atoms with Gasteiger partial charge in [-0.2, -0.15) is 0 Å². The summed E-state index contributed by atoms with van der Waals surface area (Å²) in [5.41, 5.74) is 6.52. The van der Waals surface area contributed by atoms with Crippen LogP contribution in [0.1, 0.15) is 133 Å². The van der Waals surface area contributed by atoms with Crippen LogP contribution in [-0.4, -0.2) is 71.4 Å². The van der Waals surface area contributed by atoms with E-state index in [9.17, 15) is 4.79 Å². The average molecular weight is 1150 g/mol. The van der Waals surface area contributed by atoms with Crippen molar-refractivity contribution in [3.63, 3.8) is 0 Å². The first-order chi connectivity index (χ1) is 40.2. The van der Waals surface area contributed by atoms with Crippen molar-refractivity contribution in [2.75, 3.05) is 48.8 Å². The number of unbranched alkanes of at least 4 members (excludes halogenated alkanes) is 9. The van der Waals surface area contributed by atoms with Crippen LogP contribution in [0.3, 0.4) is 0 Å². The van der Waals surface area contributed by atoms with Crippen LogP contribution >= 0.6 is 0 Å². The maximum atomic E-state index is 12.4. The molecule has 0 aliphatic carbocycles. The fraction of sp³-hybridized carbons (Fsp3) is 0.347. The van der Waals surface area contributed by atoms with Gasteiger partial charge in [0, 0.05) is 34.2 Å². The van der Waals surface area contributed by atoms with Crippen LogP contribution in [0, 0.1) is 59.2 Å². The molecule has 9 nitrogen and oxygen atoms in total. The van der Waals surface area contributed by atoms with Gasteiger partial charge in [0.15, 0.2) is 22.4 Å². The molecule has 0 aliphatic rings. The molecular weight excluding hydrogens is 1060 g/mol. The Labute approximate surface area is 497 Å². The lowest BCUT2D eigenvalue weighted by Gasteiger charge is -2.31. The van der Waals surface area contributed by atoms with Gasteiger partial charge < -0.3 is 37.3 Å². The SMILES string of the molecule is COc1ccc(C#Cc2c(C#Cc3ccc(OC)cc3)c(C#Cc3ccc(OC)cc3)c(OCCCCCCCCCCCOC(=O)CCCC[Si](C)(C)O[Si](C)(C)C)c(C#Cc3ccc(OC)cc3)c2C#Cc2ccc(OC)cc2)cc1. The molecule has 0 aromatic heterocycles. The first-order valence-corrected chi connectivity index (χ1v) is 35.2. The number of methoxy groups -OCH3 is 5. The molecule has 6 aromatic carbocycles. The molecule has 6 rings (SSSR count). The molecule has 0 spiro atoms. The van der Waals surface area contributed by atoms with Gasteiger partial charge in [0.05, 0.1) is 76.6 Å². The molecule has 0 heterocycles. The molecule has 11 heteroatoms. The summed E-state index contributed by atoms with van der Waals surface area (Å²) in [5, 5.41) is 0. The lowest BCUT2D eigenvalue weighted by atomic mass is 9.89. The summed E-state index contributed by atoms with van der Waals surface area (Å²) in [5.74, 6) is 38.8. The number of hydrogen-bond acceptors (Lipinski definition) is 9. The average Bonchev–Trinajstić information content (AvgIpc) is 3.49. The van der Waals surface area contributed by atoms with E-state index in [2.05, 4.69) is 91.9 Å². The normalized spacial score (nSPS) is 10.6. The number of rotatable bonds is 25. The van der Waals surface area contributed by atoms with Crippen molar-refractivity contribution in [1.82, 2.24) is 0 Å². The van der Waals surface area contributed by atoms with Crippen molar-refractivity contribution in [3.8, 4) is 93.7 Å². The molecule has 0 atom stereocenters. The van der Waals surface area contributed by atoms with Gasteiger partial charge in [-0.15, -0.1) is 0 Å². The first-order valence-electron chi connectivity index (χ1n) is 28.7. The lowest BCUT2D eigenvalue weighted by Crippen LogP contribution is -2.42. The Balaban J connectivity index is 1.31. The quantitative estimate of drug-likeness (QED) is 0.0241. The van der Waals surface area contributed by atoms with Crippen LogP contribution in [0.25, 0.3) is 0 Å². The van der Waals surface area contributed by atoms with Crippen molar-refractivity contribution >= 4 is 22.6 Å². The van der Waals surface area contributed by atoms with E-state index >= 15 is 0 Å². The third-order valence-corrected chi connectivity index (χ3v) is 19.6. The zero-order valence-corrected chi connectivity index (χ0v) is 52.3. The second-order valence-electron chi connectivity index (χ2n) is 21.5. The van der Waals surface area contributed by atoms with Crippen molar-refractivity contribution in [3.05, 3.63) is 177 Å². The molecule has 0 saturated heterocycles. The van der Waals surface area contributed by atoms with E-state index in [1.54, 1.807) is 35.5 Å². The molecule has 6 aromatic rings. The highest BCUT2D eigenvalue weighted by Gasteiger charge is 2.29. The van der Waals surface area contributed by atoms with Crippen LogP contribution in [0.5, 0.6) is 34.5 Å². The van der Waals surface area contributed by atoms with Crippen molar-refractivity contribution < 1.29 is 42.1 Å². The zero-order chi connectivity index (χ0) is 59.3. The van der Waals surface area contributed by atoms with Crippen molar-refractivity contribution in [1.29, 1.82) is 0 Å². The van der Waals surface area contributed by atoms with E-state index in [0.717, 1.165) is 133 Å². The largest absolute Gasteiger partial charge is 0.497 e. The Morgan fingerprint density at radius 2 is 0.639 bits per heavy atom. The Morgan fingerprint density at radius 3 is 0.952 bits per heavy atom. The smallest absolute Gasteiger partial charge is 0.305 e. The first kappa shape index (κ1) is 64.0. The van der Waals surface area contributed by atoms with E-state index < -0.39 is 16.6 Å². The summed E-state index contributed by atoms with van der Waals surface area (Å²) in [7, 11) is 4.96. The minimum Gasteiger partial charge on any atom is -0.497 e. The van der Waals surface area contributed by atoms with Gasteiger partial charge in [-0.25, -0.2) is 0 Å². The summed E-state index contributed by atoms with van der Waals surface area (Å²) in [6.07, 6.45) is 11.7. The van der Waals surface area contributed by atoms with Crippen LogP contribution in [0.2, 0.25) is 38.8 Å². The fourth-order valence-electron chi connectivity index (χ4n) is 9.10. The number of carbonyl (C=O) groups excluding carboxylic acids is 1. The molecule has 0 unspecified atom stereocenters. The Kier molecular flexibility index (Phi) is 25.9. The lowest BCUT2D eigenvalue weighted by molar-refractivity contribution is -0.143. The van der Waals surface area contributed by atoms with Crippen molar-refractivity contribution in [2.24, 2.45) is 0 Å².